The van der Waals surface area contributed by atoms with Crippen LogP contribution in [0.1, 0.15) is 25.7 Å². The molecule has 0 spiro atoms. The summed E-state index contributed by atoms with van der Waals surface area (Å²) in [4.78, 5) is 0. The molecule has 1 aliphatic heterocycles. The molecule has 62 valence electrons. The summed E-state index contributed by atoms with van der Waals surface area (Å²) in [5.74, 6) is 1.75. The van der Waals surface area contributed by atoms with Gasteiger partial charge in [0.25, 0.3) is 0 Å². The summed E-state index contributed by atoms with van der Waals surface area (Å²) in [5, 5.41) is 0. The van der Waals surface area contributed by atoms with Gasteiger partial charge < -0.3 is 9.47 Å². The minimum Gasteiger partial charge on any atom is -0.352 e. The van der Waals surface area contributed by atoms with Crippen LogP contribution in [0.3, 0.4) is 0 Å². The molecule has 0 radical (unpaired) electrons. The highest BCUT2D eigenvalue weighted by molar-refractivity contribution is 4.93. The van der Waals surface area contributed by atoms with Crippen molar-refractivity contribution >= 4 is 0 Å². The first-order chi connectivity index (χ1) is 5.42. The highest BCUT2D eigenvalue weighted by Crippen LogP contribution is 2.46. The zero-order valence-electron chi connectivity index (χ0n) is 6.66. The fourth-order valence-corrected chi connectivity index (χ4v) is 3.01. The summed E-state index contributed by atoms with van der Waals surface area (Å²) < 4.78 is 11.2. The predicted molar refractivity (Wildman–Crippen MR) is 40.1 cm³/mol. The number of hydrogen-bond acceptors (Lipinski definition) is 2. The van der Waals surface area contributed by atoms with Crippen LogP contribution >= 0.6 is 0 Å². The highest BCUT2D eigenvalue weighted by Gasteiger charge is 2.43. The maximum atomic E-state index is 5.61. The van der Waals surface area contributed by atoms with Crippen molar-refractivity contribution in [2.45, 2.75) is 37.9 Å². The molecule has 0 aromatic carbocycles. The van der Waals surface area contributed by atoms with Gasteiger partial charge in [0.2, 0.25) is 0 Å². The minimum atomic E-state index is 0.534. The lowest BCUT2D eigenvalue weighted by atomic mass is 9.87. The smallest absolute Gasteiger partial charge is 0.147 e. The number of fused-ring (bicyclic) bond motifs is 2. The van der Waals surface area contributed by atoms with Gasteiger partial charge in [-0.15, -0.1) is 0 Å². The summed E-state index contributed by atoms with van der Waals surface area (Å²) in [7, 11) is 0. The second-order valence-corrected chi connectivity index (χ2v) is 4.18. The molecule has 2 heteroatoms. The highest BCUT2D eigenvalue weighted by atomic mass is 16.7. The zero-order valence-corrected chi connectivity index (χ0v) is 6.66. The normalized spacial score (nSPS) is 54.5. The third kappa shape index (κ3) is 0.926. The van der Waals surface area contributed by atoms with Crippen LogP contribution in [0.15, 0.2) is 0 Å². The van der Waals surface area contributed by atoms with Gasteiger partial charge in [0.15, 0.2) is 0 Å². The molecule has 2 aliphatic carbocycles. The Morgan fingerprint density at radius 1 is 0.909 bits per heavy atom. The number of ether oxygens (including phenoxy) is 2. The second-order valence-electron chi connectivity index (χ2n) is 4.18. The summed E-state index contributed by atoms with van der Waals surface area (Å²) in [6.07, 6.45) is 6.37. The fraction of sp³-hybridized carbons (Fsp3) is 1.00. The Morgan fingerprint density at radius 3 is 2.91 bits per heavy atom. The molecule has 11 heavy (non-hydrogen) atoms. The Bertz CT molecular complexity index is 167. The maximum Gasteiger partial charge on any atom is 0.147 e. The average molecular weight is 154 g/mol. The second kappa shape index (κ2) is 2.20. The molecule has 3 rings (SSSR count). The standard InChI is InChI=1S/C9H14O2/c1-6-2-8-4-7(1)9(3-6)11-5-10-8/h6-9H,1-5H2. The molecular weight excluding hydrogens is 140 g/mol. The van der Waals surface area contributed by atoms with E-state index in [1.807, 2.05) is 0 Å². The SMILES string of the molecule is C1OC2CC3CC(C2)C(C3)O1. The number of hydrogen-bond donors (Lipinski definition) is 0. The average Bonchev–Trinajstić information content (AvgIpc) is 2.17. The van der Waals surface area contributed by atoms with Crippen molar-refractivity contribution in [3.63, 3.8) is 0 Å². The van der Waals surface area contributed by atoms with Gasteiger partial charge in [-0.3, -0.25) is 0 Å². The van der Waals surface area contributed by atoms with Crippen LogP contribution < -0.4 is 0 Å². The van der Waals surface area contributed by atoms with Gasteiger partial charge in [-0.25, -0.2) is 0 Å². The van der Waals surface area contributed by atoms with Gasteiger partial charge in [0, 0.05) is 0 Å². The van der Waals surface area contributed by atoms with Gasteiger partial charge in [-0.2, -0.15) is 0 Å². The molecule has 3 fully saturated rings. The molecular formula is C9H14O2. The third-order valence-corrected chi connectivity index (χ3v) is 3.48. The Morgan fingerprint density at radius 2 is 1.91 bits per heavy atom. The Kier molecular flexibility index (Phi) is 1.29. The van der Waals surface area contributed by atoms with E-state index in [2.05, 4.69) is 0 Å². The fourth-order valence-electron chi connectivity index (χ4n) is 3.01. The van der Waals surface area contributed by atoms with Gasteiger partial charge in [-0.1, -0.05) is 0 Å². The summed E-state index contributed by atoms with van der Waals surface area (Å²) in [6.45, 7) is 0.554. The first-order valence-electron chi connectivity index (χ1n) is 4.65. The lowest BCUT2D eigenvalue weighted by Gasteiger charge is -2.25. The monoisotopic (exact) mass is 154 g/mol. The Hall–Kier alpha value is -0.0800. The molecule has 0 aromatic rings. The molecule has 4 unspecified atom stereocenters. The molecule has 3 aliphatic rings. The van der Waals surface area contributed by atoms with Crippen LogP contribution in [0.5, 0.6) is 0 Å². The lowest BCUT2D eigenvalue weighted by Crippen LogP contribution is -2.22. The Labute approximate surface area is 66.9 Å². The van der Waals surface area contributed by atoms with Crippen LogP contribution in [0.4, 0.5) is 0 Å². The van der Waals surface area contributed by atoms with E-state index in [1.54, 1.807) is 0 Å². The van der Waals surface area contributed by atoms with E-state index in [-0.39, 0.29) is 0 Å². The van der Waals surface area contributed by atoms with E-state index < -0.39 is 0 Å². The van der Waals surface area contributed by atoms with Gasteiger partial charge >= 0.3 is 0 Å². The van der Waals surface area contributed by atoms with Gasteiger partial charge in [-0.05, 0) is 37.5 Å². The third-order valence-electron chi connectivity index (χ3n) is 3.48. The maximum absolute atomic E-state index is 5.61. The molecule has 0 amide bonds. The molecule has 0 aromatic heterocycles. The van der Waals surface area contributed by atoms with E-state index in [0.717, 1.165) is 11.8 Å². The van der Waals surface area contributed by atoms with Crippen LogP contribution in [0.25, 0.3) is 0 Å². The largest absolute Gasteiger partial charge is 0.352 e. The molecule has 3 bridgehead atoms. The van der Waals surface area contributed by atoms with E-state index in [4.69, 9.17) is 9.47 Å². The quantitative estimate of drug-likeness (QED) is 0.527. The van der Waals surface area contributed by atoms with Crippen molar-refractivity contribution in [2.75, 3.05) is 6.79 Å². The van der Waals surface area contributed by atoms with Crippen molar-refractivity contribution in [3.8, 4) is 0 Å². The predicted octanol–water partition coefficient (Wildman–Crippen LogP) is 1.55. The van der Waals surface area contributed by atoms with E-state index >= 15 is 0 Å². The minimum absolute atomic E-state index is 0.534. The van der Waals surface area contributed by atoms with Crippen LogP contribution in [-0.2, 0) is 9.47 Å². The van der Waals surface area contributed by atoms with Crippen LogP contribution in [0, 0.1) is 11.8 Å². The molecule has 1 saturated heterocycles. The molecule has 0 N–H and O–H groups in total. The molecule has 2 nitrogen and oxygen atoms in total. The van der Waals surface area contributed by atoms with Gasteiger partial charge in [0.05, 0.1) is 12.2 Å². The Balaban J connectivity index is 1.89. The number of rotatable bonds is 0. The first kappa shape index (κ1) is 6.44. The summed E-state index contributed by atoms with van der Waals surface area (Å²) in [5.41, 5.74) is 0. The van der Waals surface area contributed by atoms with Crippen molar-refractivity contribution < 1.29 is 9.47 Å². The van der Waals surface area contributed by atoms with Crippen molar-refractivity contribution in [3.05, 3.63) is 0 Å². The molecule has 2 saturated carbocycles. The van der Waals surface area contributed by atoms with Gasteiger partial charge in [0.1, 0.15) is 6.79 Å². The lowest BCUT2D eigenvalue weighted by molar-refractivity contribution is -0.110. The zero-order chi connectivity index (χ0) is 7.26. The van der Waals surface area contributed by atoms with E-state index in [9.17, 15) is 0 Å². The van der Waals surface area contributed by atoms with Crippen molar-refractivity contribution in [1.82, 2.24) is 0 Å². The van der Waals surface area contributed by atoms with E-state index in [0.29, 0.717) is 19.0 Å². The van der Waals surface area contributed by atoms with Crippen molar-refractivity contribution in [2.24, 2.45) is 11.8 Å². The molecule has 4 atom stereocenters. The van der Waals surface area contributed by atoms with Crippen LogP contribution in [-0.4, -0.2) is 19.0 Å². The first-order valence-corrected chi connectivity index (χ1v) is 4.65. The van der Waals surface area contributed by atoms with E-state index in [1.165, 1.54) is 25.7 Å². The van der Waals surface area contributed by atoms with Crippen molar-refractivity contribution in [1.29, 1.82) is 0 Å². The topological polar surface area (TPSA) is 18.5 Å². The molecule has 1 heterocycles. The summed E-state index contributed by atoms with van der Waals surface area (Å²) >= 11 is 0. The summed E-state index contributed by atoms with van der Waals surface area (Å²) in [6, 6.07) is 0. The van der Waals surface area contributed by atoms with Crippen LogP contribution in [0.2, 0.25) is 0 Å².